The Hall–Kier alpha value is -2.37. The minimum atomic E-state index is 0.00199. The number of likely N-dealkylation sites (tertiary alicyclic amines) is 1. The second-order valence-corrected chi connectivity index (χ2v) is 8.91. The molecule has 2 atom stereocenters. The van der Waals surface area contributed by atoms with E-state index in [2.05, 4.69) is 88.1 Å². The van der Waals surface area contributed by atoms with E-state index in [0.717, 1.165) is 51.6 Å². The Morgan fingerprint density at radius 3 is 2.45 bits per heavy atom. The first kappa shape index (κ1) is 21.8. The average Bonchev–Trinajstić information content (AvgIpc) is 3.31. The zero-order valence-electron chi connectivity index (χ0n) is 18.9. The van der Waals surface area contributed by atoms with Crippen molar-refractivity contribution in [3.63, 3.8) is 0 Å². The van der Waals surface area contributed by atoms with Gasteiger partial charge in [0.1, 0.15) is 0 Å². The Morgan fingerprint density at radius 2 is 1.77 bits per heavy atom. The molecular weight excluding hydrogens is 384 g/mol. The van der Waals surface area contributed by atoms with Crippen LogP contribution in [0.15, 0.2) is 65.7 Å². The fraction of sp³-hybridized carbons (Fsp3) is 0.500. The topological polar surface area (TPSA) is 48.9 Å². The van der Waals surface area contributed by atoms with Gasteiger partial charge < -0.3 is 20.3 Å². The SMILES string of the molecule is CN=C(NCC1(NC(C)c2ccccc2)CCOCC1)N1CCC(c2ccccc2)C1. The quantitative estimate of drug-likeness (QED) is 0.549. The van der Waals surface area contributed by atoms with Gasteiger partial charge in [0.25, 0.3) is 0 Å². The lowest BCUT2D eigenvalue weighted by atomic mass is 9.88. The number of nitrogens with zero attached hydrogens (tertiary/aromatic N) is 2. The second-order valence-electron chi connectivity index (χ2n) is 8.91. The smallest absolute Gasteiger partial charge is 0.193 e. The number of nitrogens with one attached hydrogen (secondary N) is 2. The van der Waals surface area contributed by atoms with Crippen LogP contribution in [0.1, 0.15) is 49.3 Å². The maximum absolute atomic E-state index is 5.70. The summed E-state index contributed by atoms with van der Waals surface area (Å²) < 4.78 is 5.70. The summed E-state index contributed by atoms with van der Waals surface area (Å²) in [6.07, 6.45) is 3.18. The zero-order chi connectivity index (χ0) is 21.5. The molecule has 2 aliphatic rings. The Balaban J connectivity index is 1.39. The van der Waals surface area contributed by atoms with Crippen molar-refractivity contribution in [1.82, 2.24) is 15.5 Å². The van der Waals surface area contributed by atoms with Gasteiger partial charge in [-0.15, -0.1) is 0 Å². The third-order valence-corrected chi connectivity index (χ3v) is 6.83. The summed E-state index contributed by atoms with van der Waals surface area (Å²) in [5.41, 5.74) is 2.75. The predicted molar refractivity (Wildman–Crippen MR) is 128 cm³/mol. The number of aliphatic imine (C=N–C) groups is 1. The number of hydrogen-bond acceptors (Lipinski definition) is 3. The van der Waals surface area contributed by atoms with Gasteiger partial charge in [-0.2, -0.15) is 0 Å². The van der Waals surface area contributed by atoms with Crippen LogP contribution in [0.2, 0.25) is 0 Å². The summed E-state index contributed by atoms with van der Waals surface area (Å²) in [5, 5.41) is 7.65. The van der Waals surface area contributed by atoms with Crippen LogP contribution in [0.4, 0.5) is 0 Å². The molecule has 2 aromatic rings. The molecule has 2 aromatic carbocycles. The molecule has 4 rings (SSSR count). The van der Waals surface area contributed by atoms with E-state index >= 15 is 0 Å². The standard InChI is InChI=1S/C26H36N4O/c1-21(22-9-5-3-6-10-22)29-26(14-17-31-18-15-26)20-28-25(27-2)30-16-13-24(19-30)23-11-7-4-8-12-23/h3-12,21,24,29H,13-20H2,1-2H3,(H,27,28). The zero-order valence-corrected chi connectivity index (χ0v) is 18.9. The maximum atomic E-state index is 5.70. The van der Waals surface area contributed by atoms with Gasteiger partial charge in [0.15, 0.2) is 5.96 Å². The molecule has 31 heavy (non-hydrogen) atoms. The third-order valence-electron chi connectivity index (χ3n) is 6.83. The summed E-state index contributed by atoms with van der Waals surface area (Å²) in [4.78, 5) is 7.03. The Morgan fingerprint density at radius 1 is 1.10 bits per heavy atom. The predicted octanol–water partition coefficient (Wildman–Crippen LogP) is 3.95. The van der Waals surface area contributed by atoms with Gasteiger partial charge in [-0.25, -0.2) is 0 Å². The average molecular weight is 421 g/mol. The van der Waals surface area contributed by atoms with Gasteiger partial charge in [0.05, 0.1) is 0 Å². The van der Waals surface area contributed by atoms with Crippen molar-refractivity contribution in [1.29, 1.82) is 0 Å². The van der Waals surface area contributed by atoms with E-state index in [1.54, 1.807) is 0 Å². The fourth-order valence-corrected chi connectivity index (χ4v) is 4.95. The van der Waals surface area contributed by atoms with Crippen molar-refractivity contribution in [2.75, 3.05) is 39.9 Å². The first-order valence-electron chi connectivity index (χ1n) is 11.6. The molecule has 166 valence electrons. The van der Waals surface area contributed by atoms with Crippen LogP contribution in [0.5, 0.6) is 0 Å². The van der Waals surface area contributed by atoms with Gasteiger partial charge in [-0.05, 0) is 37.3 Å². The molecule has 2 fully saturated rings. The summed E-state index contributed by atoms with van der Waals surface area (Å²) in [7, 11) is 1.90. The van der Waals surface area contributed by atoms with Gasteiger partial charge in [0, 0.05) is 57.4 Å². The van der Waals surface area contributed by atoms with Crippen molar-refractivity contribution in [2.45, 2.75) is 43.7 Å². The molecule has 0 aromatic heterocycles. The second kappa shape index (κ2) is 10.3. The number of hydrogen-bond donors (Lipinski definition) is 2. The third kappa shape index (κ3) is 5.46. The van der Waals surface area contributed by atoms with Crippen LogP contribution in [0, 0.1) is 0 Å². The van der Waals surface area contributed by atoms with E-state index in [0.29, 0.717) is 5.92 Å². The molecule has 0 spiro atoms. The number of rotatable bonds is 6. The Kier molecular flexibility index (Phi) is 7.25. The van der Waals surface area contributed by atoms with Gasteiger partial charge >= 0.3 is 0 Å². The minimum absolute atomic E-state index is 0.00199. The molecule has 0 radical (unpaired) electrons. The molecule has 2 unspecified atom stereocenters. The first-order chi connectivity index (χ1) is 15.2. The lowest BCUT2D eigenvalue weighted by Crippen LogP contribution is -2.58. The highest BCUT2D eigenvalue weighted by Gasteiger charge is 2.35. The molecule has 2 saturated heterocycles. The van der Waals surface area contributed by atoms with Gasteiger partial charge in [-0.1, -0.05) is 60.7 Å². The molecular formula is C26H36N4O. The number of benzene rings is 2. The van der Waals surface area contributed by atoms with Crippen molar-refractivity contribution < 1.29 is 4.74 Å². The van der Waals surface area contributed by atoms with Crippen LogP contribution in [0.3, 0.4) is 0 Å². The van der Waals surface area contributed by atoms with Crippen molar-refractivity contribution in [3.8, 4) is 0 Å². The van der Waals surface area contributed by atoms with Gasteiger partial charge in [-0.3, -0.25) is 4.99 Å². The Labute approximate surface area is 186 Å². The molecule has 5 nitrogen and oxygen atoms in total. The van der Waals surface area contributed by atoms with Crippen LogP contribution in [-0.4, -0.2) is 56.3 Å². The monoisotopic (exact) mass is 420 g/mol. The summed E-state index contributed by atoms with van der Waals surface area (Å²) >= 11 is 0. The van der Waals surface area contributed by atoms with Crippen LogP contribution >= 0.6 is 0 Å². The van der Waals surface area contributed by atoms with Crippen molar-refractivity contribution >= 4 is 5.96 Å². The fourth-order valence-electron chi connectivity index (χ4n) is 4.95. The first-order valence-corrected chi connectivity index (χ1v) is 11.6. The van der Waals surface area contributed by atoms with Crippen molar-refractivity contribution in [2.24, 2.45) is 4.99 Å². The van der Waals surface area contributed by atoms with E-state index in [4.69, 9.17) is 4.74 Å². The van der Waals surface area contributed by atoms with Crippen molar-refractivity contribution in [3.05, 3.63) is 71.8 Å². The highest BCUT2D eigenvalue weighted by Crippen LogP contribution is 2.28. The summed E-state index contributed by atoms with van der Waals surface area (Å²) in [5.74, 6) is 1.59. The lowest BCUT2D eigenvalue weighted by molar-refractivity contribution is 0.0353. The van der Waals surface area contributed by atoms with E-state index in [1.807, 2.05) is 7.05 Å². The molecule has 0 aliphatic carbocycles. The van der Waals surface area contributed by atoms with Crippen LogP contribution in [-0.2, 0) is 4.74 Å². The highest BCUT2D eigenvalue weighted by atomic mass is 16.5. The molecule has 2 N–H and O–H groups in total. The van der Waals surface area contributed by atoms with Gasteiger partial charge in [0.2, 0.25) is 0 Å². The lowest BCUT2D eigenvalue weighted by Gasteiger charge is -2.41. The molecule has 5 heteroatoms. The molecule has 2 aliphatic heterocycles. The molecule has 2 heterocycles. The van der Waals surface area contributed by atoms with E-state index < -0.39 is 0 Å². The van der Waals surface area contributed by atoms with Crippen LogP contribution in [0.25, 0.3) is 0 Å². The minimum Gasteiger partial charge on any atom is -0.381 e. The van der Waals surface area contributed by atoms with E-state index in [1.165, 1.54) is 17.5 Å². The normalized spacial score (nSPS) is 22.3. The largest absolute Gasteiger partial charge is 0.381 e. The summed E-state index contributed by atoms with van der Waals surface area (Å²) in [6, 6.07) is 21.8. The van der Waals surface area contributed by atoms with E-state index in [-0.39, 0.29) is 11.6 Å². The molecule has 0 bridgehead atoms. The number of ether oxygens (including phenoxy) is 1. The molecule has 0 amide bonds. The van der Waals surface area contributed by atoms with Crippen LogP contribution < -0.4 is 10.6 Å². The molecule has 0 saturated carbocycles. The maximum Gasteiger partial charge on any atom is 0.193 e. The number of guanidine groups is 1. The summed E-state index contributed by atoms with van der Waals surface area (Å²) in [6.45, 7) is 6.78. The highest BCUT2D eigenvalue weighted by molar-refractivity contribution is 5.80. The van der Waals surface area contributed by atoms with E-state index in [9.17, 15) is 0 Å². The Bertz CT molecular complexity index is 833.